The number of nitrogens with one attached hydrogen (secondary N) is 2. The molecule has 5 amide bonds. The Kier molecular flexibility index (Phi) is 14.0. The van der Waals surface area contributed by atoms with Crippen LogP contribution in [0.4, 0.5) is 5.69 Å². The van der Waals surface area contributed by atoms with Crippen molar-refractivity contribution in [3.05, 3.63) is 34.4 Å². The van der Waals surface area contributed by atoms with Gasteiger partial charge in [0.15, 0.2) is 0 Å². The van der Waals surface area contributed by atoms with Crippen LogP contribution in [-0.2, 0) is 28.8 Å². The number of rotatable bonds is 16. The highest BCUT2D eigenvalue weighted by atomic mass is 32.2. The van der Waals surface area contributed by atoms with Crippen LogP contribution in [0.3, 0.4) is 0 Å². The lowest BCUT2D eigenvalue weighted by Crippen LogP contribution is -2.65. The number of carboxylic acids is 1. The van der Waals surface area contributed by atoms with E-state index in [1.165, 1.54) is 39.8 Å². The van der Waals surface area contributed by atoms with E-state index in [1.54, 1.807) is 32.0 Å². The number of aliphatic carboxylic acids is 1. The number of hydrogen-bond acceptors (Lipinski definition) is 10. The van der Waals surface area contributed by atoms with E-state index in [-0.39, 0.29) is 17.5 Å². The van der Waals surface area contributed by atoms with Gasteiger partial charge in [0, 0.05) is 39.8 Å². The maximum absolute atomic E-state index is 14.0. The van der Waals surface area contributed by atoms with E-state index in [0.717, 1.165) is 56.9 Å². The highest BCUT2D eigenvalue weighted by molar-refractivity contribution is 7.97. The van der Waals surface area contributed by atoms with E-state index in [1.807, 2.05) is 0 Å². The topological polar surface area (TPSA) is 203 Å². The quantitative estimate of drug-likeness (QED) is 0.127. The zero-order valence-electron chi connectivity index (χ0n) is 30.4. The van der Waals surface area contributed by atoms with Gasteiger partial charge < -0.3 is 30.0 Å². The number of hydrogen-bond donors (Lipinski definition) is 3. The zero-order valence-corrected chi connectivity index (χ0v) is 31.2. The summed E-state index contributed by atoms with van der Waals surface area (Å²) in [4.78, 5) is 96.3. The van der Waals surface area contributed by atoms with Gasteiger partial charge >= 0.3 is 5.97 Å². The van der Waals surface area contributed by atoms with Crippen LogP contribution in [0.25, 0.3) is 0 Å². The summed E-state index contributed by atoms with van der Waals surface area (Å²) in [6.07, 6.45) is 6.68. The summed E-state index contributed by atoms with van der Waals surface area (Å²) in [5.41, 5.74) is -1.31. The SMILES string of the molecule is CN(CC(=O)N[C@@H](CC(=O)O)C(=O)N1CCCC1)C(=O)[C@H](CC1CCCCC1)N(C)C(=O)[C@@H]1CCN1C(=O)C(C)(C)NSc1ccccc1[N+](=O)[O-]. The van der Waals surface area contributed by atoms with Gasteiger partial charge in [0.05, 0.1) is 17.9 Å². The summed E-state index contributed by atoms with van der Waals surface area (Å²) in [6.45, 7) is 4.12. The van der Waals surface area contributed by atoms with Crippen molar-refractivity contribution >= 4 is 53.1 Å². The van der Waals surface area contributed by atoms with Gasteiger partial charge in [-0.05, 0) is 63.5 Å². The van der Waals surface area contributed by atoms with Crippen LogP contribution in [0.5, 0.6) is 0 Å². The van der Waals surface area contributed by atoms with Crippen molar-refractivity contribution in [3.63, 3.8) is 0 Å². The minimum Gasteiger partial charge on any atom is -0.481 e. The standard InChI is InChI=1S/C35H51N7O9S/c1-35(2,37-52-28-15-9-8-14-25(28)42(50)51)34(49)41-19-16-26(41)33(48)39(4)27(20-23-12-6-5-7-13-23)32(47)38(3)22-29(43)36-24(21-30(44)45)31(46)40-17-10-11-18-40/h8-9,14-15,23-24,26-27,37H,5-7,10-13,16-22H2,1-4H3,(H,36,43)(H,44,45)/t24-,26-,27-/m0/s1. The molecule has 1 aromatic rings. The van der Waals surface area contributed by atoms with Crippen LogP contribution in [0.15, 0.2) is 29.2 Å². The second kappa shape index (κ2) is 18.0. The highest BCUT2D eigenvalue weighted by Crippen LogP contribution is 2.32. The number of nitro groups is 1. The van der Waals surface area contributed by atoms with Crippen LogP contribution >= 0.6 is 11.9 Å². The monoisotopic (exact) mass is 745 g/mol. The Morgan fingerprint density at radius 3 is 2.25 bits per heavy atom. The van der Waals surface area contributed by atoms with Crippen molar-refractivity contribution in [1.29, 1.82) is 0 Å². The first-order valence-electron chi connectivity index (χ1n) is 17.9. The number of amides is 5. The summed E-state index contributed by atoms with van der Waals surface area (Å²) < 4.78 is 3.02. The number of carbonyl (C=O) groups excluding carboxylic acids is 5. The maximum Gasteiger partial charge on any atom is 0.305 e. The molecule has 17 heteroatoms. The van der Waals surface area contributed by atoms with Gasteiger partial charge in [0.25, 0.3) is 5.69 Å². The zero-order chi connectivity index (χ0) is 38.2. The van der Waals surface area contributed by atoms with Crippen molar-refractivity contribution in [2.45, 2.75) is 107 Å². The molecule has 3 aliphatic rings. The largest absolute Gasteiger partial charge is 0.481 e. The van der Waals surface area contributed by atoms with Gasteiger partial charge in [-0.3, -0.25) is 38.9 Å². The smallest absolute Gasteiger partial charge is 0.305 e. The van der Waals surface area contributed by atoms with Gasteiger partial charge in [0.1, 0.15) is 28.6 Å². The molecule has 3 fully saturated rings. The molecule has 1 aromatic carbocycles. The second-order valence-corrected chi connectivity index (χ2v) is 15.4. The number of carbonyl (C=O) groups is 6. The van der Waals surface area contributed by atoms with Crippen LogP contribution < -0.4 is 10.0 Å². The Labute approximate surface area is 308 Å². The molecule has 2 aliphatic heterocycles. The number of likely N-dealkylation sites (tertiary alicyclic amines) is 2. The van der Waals surface area contributed by atoms with Crippen LogP contribution in [0.1, 0.15) is 78.1 Å². The average molecular weight is 746 g/mol. The number of para-hydroxylation sites is 1. The van der Waals surface area contributed by atoms with Gasteiger partial charge in [-0.25, -0.2) is 4.72 Å². The van der Waals surface area contributed by atoms with Crippen LogP contribution in [-0.4, -0.2) is 129 Å². The van der Waals surface area contributed by atoms with E-state index in [9.17, 15) is 44.0 Å². The van der Waals surface area contributed by atoms with E-state index < -0.39 is 71.2 Å². The van der Waals surface area contributed by atoms with Crippen molar-refractivity contribution in [3.8, 4) is 0 Å². The summed E-state index contributed by atoms with van der Waals surface area (Å²) in [7, 11) is 2.97. The molecule has 0 bridgehead atoms. The Bertz CT molecular complexity index is 1510. The summed E-state index contributed by atoms with van der Waals surface area (Å²) >= 11 is 0.961. The molecule has 2 heterocycles. The molecule has 0 unspecified atom stereocenters. The lowest BCUT2D eigenvalue weighted by atomic mass is 9.84. The molecule has 2 saturated heterocycles. The molecule has 1 saturated carbocycles. The molecular formula is C35H51N7O9S. The maximum atomic E-state index is 14.0. The summed E-state index contributed by atoms with van der Waals surface area (Å²) in [5.74, 6) is -3.48. The number of benzene rings is 1. The molecule has 4 rings (SSSR count). The Balaban J connectivity index is 1.43. The molecular weight excluding hydrogens is 694 g/mol. The first-order valence-corrected chi connectivity index (χ1v) is 18.7. The first kappa shape index (κ1) is 40.5. The van der Waals surface area contributed by atoms with Crippen LogP contribution in [0.2, 0.25) is 0 Å². The highest BCUT2D eigenvalue weighted by Gasteiger charge is 2.46. The minimum atomic E-state index is -1.27. The van der Waals surface area contributed by atoms with Crippen molar-refractivity contribution in [2.24, 2.45) is 5.92 Å². The Morgan fingerprint density at radius 2 is 1.65 bits per heavy atom. The van der Waals surface area contributed by atoms with E-state index in [2.05, 4.69) is 10.0 Å². The third-order valence-corrected chi connectivity index (χ3v) is 11.3. The van der Waals surface area contributed by atoms with Gasteiger partial charge in [0.2, 0.25) is 29.5 Å². The van der Waals surface area contributed by atoms with E-state index in [4.69, 9.17) is 0 Å². The number of nitrogens with zero attached hydrogens (tertiary/aromatic N) is 5. The fraction of sp³-hybridized carbons (Fsp3) is 0.657. The minimum absolute atomic E-state index is 0.103. The second-order valence-electron chi connectivity index (χ2n) is 14.5. The molecule has 16 nitrogen and oxygen atoms in total. The predicted octanol–water partition coefficient (Wildman–Crippen LogP) is 2.41. The van der Waals surface area contributed by atoms with Gasteiger partial charge in [-0.1, -0.05) is 44.2 Å². The molecule has 3 N–H and O–H groups in total. The van der Waals surface area contributed by atoms with Gasteiger partial charge in [-0.15, -0.1) is 0 Å². The summed E-state index contributed by atoms with van der Waals surface area (Å²) in [5, 5.41) is 23.4. The third-order valence-electron chi connectivity index (χ3n) is 10.1. The molecule has 286 valence electrons. The fourth-order valence-electron chi connectivity index (χ4n) is 7.04. The molecule has 3 atom stereocenters. The van der Waals surface area contributed by atoms with Crippen LogP contribution in [0, 0.1) is 16.0 Å². The third kappa shape index (κ3) is 10.2. The molecule has 0 aromatic heterocycles. The van der Waals surface area contributed by atoms with Gasteiger partial charge in [-0.2, -0.15) is 0 Å². The van der Waals surface area contributed by atoms with Crippen molar-refractivity contribution in [2.75, 3.05) is 40.3 Å². The number of nitro benzene ring substituents is 1. The molecule has 0 radical (unpaired) electrons. The van der Waals surface area contributed by atoms with E-state index >= 15 is 0 Å². The number of carboxylic acid groups (broad SMARTS) is 1. The normalized spacial score (nSPS) is 18.9. The van der Waals surface area contributed by atoms with Crippen molar-refractivity contribution in [1.82, 2.24) is 29.6 Å². The molecule has 52 heavy (non-hydrogen) atoms. The molecule has 0 spiro atoms. The lowest BCUT2D eigenvalue weighted by molar-refractivity contribution is -0.387. The van der Waals surface area contributed by atoms with E-state index in [0.29, 0.717) is 37.4 Å². The lowest BCUT2D eigenvalue weighted by Gasteiger charge is -2.46. The average Bonchev–Trinajstić information content (AvgIpc) is 3.63. The Morgan fingerprint density at radius 1 is 1.00 bits per heavy atom. The summed E-state index contributed by atoms with van der Waals surface area (Å²) in [6, 6.07) is 3.16. The number of likely N-dealkylation sites (N-methyl/N-ethyl adjacent to an activating group) is 2. The fourth-order valence-corrected chi connectivity index (χ4v) is 7.89. The first-order chi connectivity index (χ1) is 24.6. The van der Waals surface area contributed by atoms with Crippen molar-refractivity contribution < 1.29 is 38.8 Å². The predicted molar refractivity (Wildman–Crippen MR) is 192 cm³/mol. The Hall–Kier alpha value is -4.25. The molecule has 1 aliphatic carbocycles.